The molecule has 6 heteroatoms. The van der Waals surface area contributed by atoms with Crippen molar-refractivity contribution < 1.29 is 23.1 Å². The van der Waals surface area contributed by atoms with E-state index in [1.807, 2.05) is 0 Å². The van der Waals surface area contributed by atoms with Crippen molar-refractivity contribution >= 4 is 17.6 Å². The molecule has 0 fully saturated rings. The molecule has 0 bridgehead atoms. The van der Waals surface area contributed by atoms with E-state index in [-0.39, 0.29) is 6.42 Å². The molecule has 0 aromatic carbocycles. The molecule has 0 unspecified atom stereocenters. The summed E-state index contributed by atoms with van der Waals surface area (Å²) in [7, 11) is 0. The maximum absolute atomic E-state index is 13.6. The molecule has 0 aliphatic rings. The number of alkyl halides is 1. The van der Waals surface area contributed by atoms with Crippen molar-refractivity contribution in [2.45, 2.75) is 26.2 Å². The first-order valence-corrected chi connectivity index (χ1v) is 6.25. The summed E-state index contributed by atoms with van der Waals surface area (Å²) in [5, 5.41) is 8.96. The van der Waals surface area contributed by atoms with Crippen molar-refractivity contribution in [3.63, 3.8) is 0 Å². The molecule has 1 N–H and O–H groups in total. The fraction of sp³-hybridized carbons (Fsp3) is 0.462. The van der Waals surface area contributed by atoms with Gasteiger partial charge < -0.3 is 5.11 Å². The maximum Gasteiger partial charge on any atom is 0.311 e. The van der Waals surface area contributed by atoms with Crippen molar-refractivity contribution in [3.8, 4) is 0 Å². The molecular formula is C13H16ClF3O2. The monoisotopic (exact) mass is 296 g/mol. The van der Waals surface area contributed by atoms with E-state index in [1.54, 1.807) is 0 Å². The summed E-state index contributed by atoms with van der Waals surface area (Å²) in [6.07, 6.45) is 1.79. The summed E-state index contributed by atoms with van der Waals surface area (Å²) in [5.74, 6) is -6.95. The van der Waals surface area contributed by atoms with Crippen LogP contribution >= 0.6 is 11.6 Å². The van der Waals surface area contributed by atoms with E-state index in [1.165, 1.54) is 6.92 Å². The molecular weight excluding hydrogens is 281 g/mol. The minimum atomic E-state index is -1.73. The van der Waals surface area contributed by atoms with Crippen LogP contribution in [0.25, 0.3) is 0 Å². The molecule has 0 rings (SSSR count). The van der Waals surface area contributed by atoms with Crippen LogP contribution < -0.4 is 0 Å². The van der Waals surface area contributed by atoms with Crippen LogP contribution in [0.4, 0.5) is 13.2 Å². The number of carboxylic acid groups (broad SMARTS) is 1. The number of hydrogen-bond acceptors (Lipinski definition) is 1. The van der Waals surface area contributed by atoms with E-state index in [0.29, 0.717) is 18.7 Å². The Bertz CT molecular complexity index is 403. The average Bonchev–Trinajstić information content (AvgIpc) is 2.39. The van der Waals surface area contributed by atoms with Crippen molar-refractivity contribution in [3.05, 3.63) is 35.7 Å². The highest BCUT2D eigenvalue weighted by Gasteiger charge is 2.26. The van der Waals surface area contributed by atoms with Gasteiger partial charge in [0.05, 0.1) is 5.92 Å². The van der Waals surface area contributed by atoms with Gasteiger partial charge in [-0.25, -0.2) is 13.2 Å². The highest BCUT2D eigenvalue weighted by molar-refractivity contribution is 6.17. The Kier molecular flexibility index (Phi) is 8.23. The zero-order chi connectivity index (χ0) is 15.0. The van der Waals surface area contributed by atoms with E-state index in [2.05, 4.69) is 6.58 Å². The van der Waals surface area contributed by atoms with Crippen LogP contribution in [0.2, 0.25) is 0 Å². The lowest BCUT2D eigenvalue weighted by atomic mass is 9.93. The van der Waals surface area contributed by atoms with Crippen molar-refractivity contribution in [2.75, 3.05) is 5.88 Å². The molecule has 0 aliphatic carbocycles. The Morgan fingerprint density at radius 2 is 1.89 bits per heavy atom. The molecule has 0 saturated heterocycles. The first kappa shape index (κ1) is 17.8. The fourth-order valence-electron chi connectivity index (χ4n) is 1.42. The molecule has 0 aromatic rings. The predicted molar refractivity (Wildman–Crippen MR) is 68.9 cm³/mol. The first-order chi connectivity index (χ1) is 8.86. The molecule has 19 heavy (non-hydrogen) atoms. The van der Waals surface area contributed by atoms with Gasteiger partial charge in [-0.1, -0.05) is 13.0 Å². The number of unbranched alkanes of at least 4 members (excludes halogenated alkanes) is 1. The van der Waals surface area contributed by atoms with E-state index in [0.717, 1.165) is 6.08 Å². The molecule has 0 aromatic heterocycles. The van der Waals surface area contributed by atoms with Crippen LogP contribution in [-0.2, 0) is 4.79 Å². The van der Waals surface area contributed by atoms with Crippen LogP contribution in [0.1, 0.15) is 26.2 Å². The number of carboxylic acids is 1. The maximum atomic E-state index is 13.6. The zero-order valence-electron chi connectivity index (χ0n) is 10.6. The van der Waals surface area contributed by atoms with Gasteiger partial charge in [-0.2, -0.15) is 0 Å². The highest BCUT2D eigenvalue weighted by atomic mass is 35.5. The van der Waals surface area contributed by atoms with Gasteiger partial charge in [0.15, 0.2) is 17.5 Å². The normalized spacial score (nSPS) is 14.9. The van der Waals surface area contributed by atoms with Gasteiger partial charge in [0.25, 0.3) is 0 Å². The number of aliphatic carboxylic acids is 1. The molecule has 0 saturated carbocycles. The number of halogens is 4. The zero-order valence-corrected chi connectivity index (χ0v) is 11.3. The third-order valence-electron chi connectivity index (χ3n) is 2.53. The fourth-order valence-corrected chi connectivity index (χ4v) is 1.60. The number of allylic oxidation sites excluding steroid dienone is 4. The molecule has 0 spiro atoms. The minimum absolute atomic E-state index is 0.0685. The lowest BCUT2D eigenvalue weighted by Crippen LogP contribution is -2.16. The summed E-state index contributed by atoms with van der Waals surface area (Å²) >= 11 is 5.45. The van der Waals surface area contributed by atoms with E-state index < -0.39 is 34.9 Å². The smallest absolute Gasteiger partial charge is 0.311 e. The van der Waals surface area contributed by atoms with Crippen molar-refractivity contribution in [1.29, 1.82) is 0 Å². The van der Waals surface area contributed by atoms with Crippen molar-refractivity contribution in [1.82, 2.24) is 0 Å². The molecule has 0 aliphatic heterocycles. The Labute approximate surface area is 115 Å². The predicted octanol–water partition coefficient (Wildman–Crippen LogP) is 4.68. The standard InChI is InChI=1S/C13H16ClF3O2/c1-3-10(15)12(17)11(16)8(2)9(13(18)19)6-4-5-7-14/h3,9H,2,4-7H2,1H3,(H,18,19)/b10-3+,12-11-/t9-/m0/s1. The Morgan fingerprint density at radius 1 is 1.32 bits per heavy atom. The SMILES string of the molecule is C=C(/C(F)=C(F)\C(F)=C/C)[C@H](CCCCCl)C(=O)O. The second-order valence-electron chi connectivity index (χ2n) is 3.87. The molecule has 1 atom stereocenters. The molecule has 0 heterocycles. The average molecular weight is 297 g/mol. The Hall–Kier alpha value is -1.23. The summed E-state index contributed by atoms with van der Waals surface area (Å²) in [5.41, 5.74) is -0.573. The highest BCUT2D eigenvalue weighted by Crippen LogP contribution is 2.30. The Morgan fingerprint density at radius 3 is 2.32 bits per heavy atom. The molecule has 108 valence electrons. The summed E-state index contributed by atoms with van der Waals surface area (Å²) in [4.78, 5) is 11.0. The van der Waals surface area contributed by atoms with E-state index in [9.17, 15) is 18.0 Å². The quantitative estimate of drug-likeness (QED) is 0.401. The minimum Gasteiger partial charge on any atom is -0.481 e. The lowest BCUT2D eigenvalue weighted by molar-refractivity contribution is -0.140. The summed E-state index contributed by atoms with van der Waals surface area (Å²) < 4.78 is 39.7. The van der Waals surface area contributed by atoms with Gasteiger partial charge in [-0.05, 0) is 31.4 Å². The van der Waals surface area contributed by atoms with Crippen LogP contribution in [0.3, 0.4) is 0 Å². The van der Waals surface area contributed by atoms with E-state index >= 15 is 0 Å². The van der Waals surface area contributed by atoms with Crippen LogP contribution in [0.15, 0.2) is 35.7 Å². The van der Waals surface area contributed by atoms with Gasteiger partial charge in [-0.3, -0.25) is 4.79 Å². The molecule has 0 radical (unpaired) electrons. The lowest BCUT2D eigenvalue weighted by Gasteiger charge is -2.14. The number of carbonyl (C=O) groups is 1. The molecule has 2 nitrogen and oxygen atoms in total. The van der Waals surface area contributed by atoms with E-state index in [4.69, 9.17) is 16.7 Å². The third kappa shape index (κ3) is 5.51. The third-order valence-corrected chi connectivity index (χ3v) is 2.80. The topological polar surface area (TPSA) is 37.3 Å². The summed E-state index contributed by atoms with van der Waals surface area (Å²) in [6, 6.07) is 0. The number of hydrogen-bond donors (Lipinski definition) is 1. The van der Waals surface area contributed by atoms with Gasteiger partial charge in [-0.15, -0.1) is 11.6 Å². The summed E-state index contributed by atoms with van der Waals surface area (Å²) in [6.45, 7) is 4.41. The van der Waals surface area contributed by atoms with Crippen molar-refractivity contribution in [2.24, 2.45) is 5.92 Å². The number of rotatable bonds is 8. The van der Waals surface area contributed by atoms with Gasteiger partial charge in [0.1, 0.15) is 0 Å². The van der Waals surface area contributed by atoms with Crippen LogP contribution in [-0.4, -0.2) is 17.0 Å². The Balaban J connectivity index is 5.05. The van der Waals surface area contributed by atoms with Crippen LogP contribution in [0, 0.1) is 5.92 Å². The second-order valence-corrected chi connectivity index (χ2v) is 4.24. The molecule has 0 amide bonds. The first-order valence-electron chi connectivity index (χ1n) is 5.72. The van der Waals surface area contributed by atoms with Gasteiger partial charge >= 0.3 is 5.97 Å². The second kappa shape index (κ2) is 8.80. The largest absolute Gasteiger partial charge is 0.481 e. The van der Waals surface area contributed by atoms with Gasteiger partial charge in [0, 0.05) is 5.88 Å². The van der Waals surface area contributed by atoms with Crippen LogP contribution in [0.5, 0.6) is 0 Å². The van der Waals surface area contributed by atoms with Gasteiger partial charge in [0.2, 0.25) is 0 Å².